The highest BCUT2D eigenvalue weighted by atomic mass is 32.1. The zero-order valence-electron chi connectivity index (χ0n) is 12.9. The Morgan fingerprint density at radius 3 is 2.81 bits per heavy atom. The van der Waals surface area contributed by atoms with E-state index in [1.54, 1.807) is 29.4 Å². The first-order valence-corrected chi connectivity index (χ1v) is 7.72. The van der Waals surface area contributed by atoms with Gasteiger partial charge >= 0.3 is 0 Å². The fourth-order valence-electron chi connectivity index (χ4n) is 1.92. The molecule has 0 aliphatic rings. The largest absolute Gasteiger partial charge is 0.356 e. The summed E-state index contributed by atoms with van der Waals surface area (Å²) in [5.74, 6) is 1.64. The summed E-state index contributed by atoms with van der Waals surface area (Å²) >= 11 is 1.78. The molecule has 0 unspecified atom stereocenters. The Balaban J connectivity index is 1.87. The minimum atomic E-state index is 0.0660. The quantitative estimate of drug-likeness (QED) is 0.649. The van der Waals surface area contributed by atoms with E-state index < -0.39 is 0 Å². The number of aryl methyl sites for hydroxylation is 1. The molecule has 2 N–H and O–H groups in total. The third-order valence-electron chi connectivity index (χ3n) is 3.33. The van der Waals surface area contributed by atoms with Gasteiger partial charge in [-0.25, -0.2) is 4.98 Å². The van der Waals surface area contributed by atoms with Gasteiger partial charge in [0.1, 0.15) is 12.2 Å². The number of rotatable bonds is 5. The van der Waals surface area contributed by atoms with Crippen molar-refractivity contribution in [2.45, 2.75) is 25.8 Å². The van der Waals surface area contributed by atoms with Crippen LogP contribution < -0.4 is 10.6 Å². The third-order valence-corrected chi connectivity index (χ3v) is 4.56. The standard InChI is InChI=1S/C14H22N6S/c1-14(2,11-6-5-7-21-11)9-17-13(15-3)16-8-12-18-10-19-20(12)4/h5-7,10H,8-9H2,1-4H3,(H2,15,16,17). The second-order valence-corrected chi connectivity index (χ2v) is 6.39. The molecular formula is C14H22N6S. The van der Waals surface area contributed by atoms with E-state index in [2.05, 4.69) is 57.1 Å². The number of nitrogens with zero attached hydrogens (tertiary/aromatic N) is 4. The Hall–Kier alpha value is -1.89. The average Bonchev–Trinajstić information content (AvgIpc) is 3.11. The molecular weight excluding hydrogens is 284 g/mol. The van der Waals surface area contributed by atoms with Gasteiger partial charge in [0.25, 0.3) is 0 Å². The molecule has 0 aliphatic carbocycles. The maximum atomic E-state index is 4.24. The monoisotopic (exact) mass is 306 g/mol. The number of thiophene rings is 1. The molecule has 0 bridgehead atoms. The normalized spacial score (nSPS) is 12.5. The van der Waals surface area contributed by atoms with Crippen LogP contribution >= 0.6 is 11.3 Å². The summed E-state index contributed by atoms with van der Waals surface area (Å²) in [5, 5.41) is 12.8. The smallest absolute Gasteiger partial charge is 0.191 e. The fraction of sp³-hybridized carbons (Fsp3) is 0.500. The molecule has 0 spiro atoms. The van der Waals surface area contributed by atoms with Crippen LogP contribution in [0.5, 0.6) is 0 Å². The molecule has 0 saturated heterocycles. The van der Waals surface area contributed by atoms with E-state index in [4.69, 9.17) is 0 Å². The Bertz CT molecular complexity index is 584. The molecule has 21 heavy (non-hydrogen) atoms. The molecule has 2 aromatic rings. The van der Waals surface area contributed by atoms with Crippen LogP contribution in [-0.2, 0) is 19.0 Å². The Morgan fingerprint density at radius 1 is 1.43 bits per heavy atom. The lowest BCUT2D eigenvalue weighted by atomic mass is 9.91. The Morgan fingerprint density at radius 2 is 2.24 bits per heavy atom. The van der Waals surface area contributed by atoms with E-state index in [0.29, 0.717) is 6.54 Å². The van der Waals surface area contributed by atoms with Crippen molar-refractivity contribution < 1.29 is 0 Å². The van der Waals surface area contributed by atoms with Gasteiger partial charge in [-0.1, -0.05) is 19.9 Å². The fourth-order valence-corrected chi connectivity index (χ4v) is 2.77. The van der Waals surface area contributed by atoms with Crippen LogP contribution in [0.4, 0.5) is 0 Å². The summed E-state index contributed by atoms with van der Waals surface area (Å²) in [4.78, 5) is 9.78. The first-order chi connectivity index (χ1) is 10.0. The highest BCUT2D eigenvalue weighted by Gasteiger charge is 2.21. The number of nitrogens with one attached hydrogen (secondary N) is 2. The lowest BCUT2D eigenvalue weighted by Gasteiger charge is -2.25. The van der Waals surface area contributed by atoms with Crippen LogP contribution in [0.15, 0.2) is 28.8 Å². The Kier molecular flexibility index (Phi) is 4.95. The van der Waals surface area contributed by atoms with Gasteiger partial charge in [-0.05, 0) is 11.4 Å². The van der Waals surface area contributed by atoms with Crippen molar-refractivity contribution in [3.8, 4) is 0 Å². The van der Waals surface area contributed by atoms with Crippen molar-refractivity contribution in [1.82, 2.24) is 25.4 Å². The lowest BCUT2D eigenvalue weighted by Crippen LogP contribution is -2.43. The van der Waals surface area contributed by atoms with Gasteiger partial charge in [0.15, 0.2) is 5.96 Å². The first-order valence-electron chi connectivity index (χ1n) is 6.84. The van der Waals surface area contributed by atoms with E-state index in [0.717, 1.165) is 18.3 Å². The van der Waals surface area contributed by atoms with Crippen LogP contribution in [0.25, 0.3) is 0 Å². The molecule has 6 nitrogen and oxygen atoms in total. The molecule has 114 valence electrons. The summed E-state index contributed by atoms with van der Waals surface area (Å²) in [7, 11) is 3.64. The van der Waals surface area contributed by atoms with E-state index >= 15 is 0 Å². The molecule has 2 heterocycles. The second kappa shape index (κ2) is 6.71. The first kappa shape index (κ1) is 15.5. The minimum absolute atomic E-state index is 0.0660. The summed E-state index contributed by atoms with van der Waals surface area (Å²) in [6.07, 6.45) is 1.55. The van der Waals surface area contributed by atoms with Gasteiger partial charge in [0.05, 0.1) is 6.54 Å². The second-order valence-electron chi connectivity index (χ2n) is 5.44. The van der Waals surface area contributed by atoms with Gasteiger partial charge in [0.2, 0.25) is 0 Å². The van der Waals surface area contributed by atoms with Gasteiger partial charge in [-0.3, -0.25) is 9.67 Å². The third kappa shape index (κ3) is 4.04. The molecule has 2 aromatic heterocycles. The number of aromatic nitrogens is 3. The van der Waals surface area contributed by atoms with Crippen LogP contribution in [0.1, 0.15) is 24.5 Å². The molecule has 0 atom stereocenters. The van der Waals surface area contributed by atoms with E-state index in [1.807, 2.05) is 7.05 Å². The van der Waals surface area contributed by atoms with Gasteiger partial charge < -0.3 is 10.6 Å². The predicted octanol–water partition coefficient (Wildman–Crippen LogP) is 1.52. The van der Waals surface area contributed by atoms with E-state index in [1.165, 1.54) is 4.88 Å². The van der Waals surface area contributed by atoms with Crippen molar-refractivity contribution in [3.05, 3.63) is 34.5 Å². The average molecular weight is 306 g/mol. The molecule has 0 aromatic carbocycles. The van der Waals surface area contributed by atoms with Crippen molar-refractivity contribution in [3.63, 3.8) is 0 Å². The maximum Gasteiger partial charge on any atom is 0.191 e. The molecule has 7 heteroatoms. The van der Waals surface area contributed by atoms with Gasteiger partial charge in [-0.2, -0.15) is 5.10 Å². The summed E-state index contributed by atoms with van der Waals surface area (Å²) in [6, 6.07) is 4.25. The van der Waals surface area contributed by atoms with Gasteiger partial charge in [-0.15, -0.1) is 11.3 Å². The molecule has 2 rings (SSSR count). The van der Waals surface area contributed by atoms with Crippen molar-refractivity contribution in [2.75, 3.05) is 13.6 Å². The number of hydrogen-bond acceptors (Lipinski definition) is 4. The molecule has 0 saturated carbocycles. The number of aliphatic imine (C=N–C) groups is 1. The lowest BCUT2D eigenvalue weighted by molar-refractivity contribution is 0.517. The number of hydrogen-bond donors (Lipinski definition) is 2. The zero-order chi connectivity index (χ0) is 15.3. The van der Waals surface area contributed by atoms with Crippen LogP contribution in [-0.4, -0.2) is 34.3 Å². The van der Waals surface area contributed by atoms with E-state index in [9.17, 15) is 0 Å². The highest BCUT2D eigenvalue weighted by molar-refractivity contribution is 7.10. The molecule has 0 amide bonds. The van der Waals surface area contributed by atoms with Crippen LogP contribution in [0.3, 0.4) is 0 Å². The maximum absolute atomic E-state index is 4.24. The summed E-state index contributed by atoms with van der Waals surface area (Å²) in [5.41, 5.74) is 0.0660. The van der Waals surface area contributed by atoms with Crippen LogP contribution in [0.2, 0.25) is 0 Å². The predicted molar refractivity (Wildman–Crippen MR) is 86.5 cm³/mol. The van der Waals surface area contributed by atoms with Crippen molar-refractivity contribution in [2.24, 2.45) is 12.0 Å². The number of guanidine groups is 1. The highest BCUT2D eigenvalue weighted by Crippen LogP contribution is 2.26. The summed E-state index contributed by atoms with van der Waals surface area (Å²) < 4.78 is 1.75. The van der Waals surface area contributed by atoms with Gasteiger partial charge in [0, 0.05) is 30.9 Å². The zero-order valence-corrected chi connectivity index (χ0v) is 13.7. The molecule has 0 aliphatic heterocycles. The van der Waals surface area contributed by atoms with E-state index in [-0.39, 0.29) is 5.41 Å². The Labute approximate surface area is 129 Å². The van der Waals surface area contributed by atoms with Crippen molar-refractivity contribution >= 4 is 17.3 Å². The minimum Gasteiger partial charge on any atom is -0.356 e. The van der Waals surface area contributed by atoms with Crippen LogP contribution in [0, 0.1) is 0 Å². The topological polar surface area (TPSA) is 67.1 Å². The SMILES string of the molecule is CN=C(NCc1ncnn1C)NCC(C)(C)c1cccs1. The summed E-state index contributed by atoms with van der Waals surface area (Å²) in [6.45, 7) is 5.85. The molecule has 0 fully saturated rings. The van der Waals surface area contributed by atoms with Crippen molar-refractivity contribution in [1.29, 1.82) is 0 Å². The molecule has 0 radical (unpaired) electrons.